The van der Waals surface area contributed by atoms with Gasteiger partial charge in [-0.25, -0.2) is 18.4 Å². The molecule has 0 N–H and O–H groups in total. The van der Waals surface area contributed by atoms with Crippen molar-refractivity contribution in [1.29, 1.82) is 0 Å². The maximum Gasteiger partial charge on any atom is 0.348 e. The molecule has 0 unspecified atom stereocenters. The molecule has 0 bridgehead atoms. The molecule has 1 fully saturated rings. The molecule has 1 rings (SSSR count). The Bertz CT molecular complexity index is 412. The average molecular weight is 280 g/mol. The van der Waals surface area contributed by atoms with Crippen LogP contribution in [0.1, 0.15) is 12.8 Å². The Balaban J connectivity index is 3.05. The zero-order valence-electron chi connectivity index (χ0n) is 10.7. The molecule has 3 atom stereocenters. The molecular weight excluding hydrogens is 266 g/mol. The fraction of sp³-hybridized carbons (Fsp3) is 0.727. The Kier molecular flexibility index (Phi) is 4.12. The Morgan fingerprint density at radius 3 is 2.00 bits per heavy atom. The van der Waals surface area contributed by atoms with Crippen molar-refractivity contribution in [2.45, 2.75) is 24.2 Å². The molecule has 19 heavy (non-hydrogen) atoms. The molecule has 108 valence electrons. The van der Waals surface area contributed by atoms with E-state index in [-0.39, 0.29) is 0 Å². The second-order valence-corrected chi connectivity index (χ2v) is 4.18. The minimum Gasteiger partial charge on any atom is -0.469 e. The van der Waals surface area contributed by atoms with Gasteiger partial charge in [0.1, 0.15) is 0 Å². The predicted octanol–water partition coefficient (Wildman–Crippen LogP) is 0.332. The van der Waals surface area contributed by atoms with Gasteiger partial charge in [0, 0.05) is 12.3 Å². The largest absolute Gasteiger partial charge is 0.469 e. The van der Waals surface area contributed by atoms with Gasteiger partial charge in [-0.15, -0.1) is 0 Å². The lowest BCUT2D eigenvalue weighted by Gasteiger charge is -2.49. The summed E-state index contributed by atoms with van der Waals surface area (Å²) in [5, 5.41) is 0. The Hall–Kier alpha value is -1.73. The van der Waals surface area contributed by atoms with E-state index in [1.165, 1.54) is 0 Å². The summed E-state index contributed by atoms with van der Waals surface area (Å²) in [6.45, 7) is 0. The molecule has 6 nitrogen and oxygen atoms in total. The van der Waals surface area contributed by atoms with Gasteiger partial charge in [0.25, 0.3) is 11.3 Å². The normalized spacial score (nSPS) is 33.0. The van der Waals surface area contributed by atoms with Gasteiger partial charge in [-0.1, -0.05) is 0 Å². The van der Waals surface area contributed by atoms with Crippen LogP contribution in [0.2, 0.25) is 0 Å². The zero-order chi connectivity index (χ0) is 14.8. The SMILES string of the molecule is COC(=O)C[C@@H]1C[C@](F)(C(=O)OC)[C@]1(F)C(=O)OC. The molecule has 1 aliphatic carbocycles. The fourth-order valence-corrected chi connectivity index (χ4v) is 2.19. The number of esters is 3. The quantitative estimate of drug-likeness (QED) is 0.545. The summed E-state index contributed by atoms with van der Waals surface area (Å²) in [5.41, 5.74) is -6.39. The van der Waals surface area contributed by atoms with Crippen LogP contribution in [0.25, 0.3) is 0 Å². The van der Waals surface area contributed by atoms with E-state index in [4.69, 9.17) is 0 Å². The van der Waals surface area contributed by atoms with Gasteiger partial charge in [-0.3, -0.25) is 4.79 Å². The van der Waals surface area contributed by atoms with Crippen LogP contribution in [-0.2, 0) is 28.6 Å². The molecule has 0 amide bonds. The van der Waals surface area contributed by atoms with E-state index in [1.54, 1.807) is 0 Å². The highest BCUT2D eigenvalue weighted by atomic mass is 19.2. The number of halogens is 2. The third kappa shape index (κ3) is 2.04. The predicted molar refractivity (Wildman–Crippen MR) is 56.5 cm³/mol. The van der Waals surface area contributed by atoms with Crippen molar-refractivity contribution >= 4 is 17.9 Å². The summed E-state index contributed by atoms with van der Waals surface area (Å²) in [7, 11) is 2.80. The molecule has 1 saturated carbocycles. The topological polar surface area (TPSA) is 78.9 Å². The molecule has 0 spiro atoms. The van der Waals surface area contributed by atoms with E-state index in [2.05, 4.69) is 14.2 Å². The lowest BCUT2D eigenvalue weighted by molar-refractivity contribution is -0.223. The number of rotatable bonds is 4. The Morgan fingerprint density at radius 1 is 1.05 bits per heavy atom. The molecule has 0 heterocycles. The standard InChI is InChI=1S/C11H14F2O6/c1-17-7(14)4-6-5-10(12,8(15)18-2)11(6,13)9(16)19-3/h6H,4-5H2,1-3H3/t6-,10+,11-/m1/s1. The van der Waals surface area contributed by atoms with E-state index in [1.807, 2.05) is 0 Å². The molecule has 1 aliphatic rings. The minimum absolute atomic E-state index is 0.537. The average Bonchev–Trinajstić information content (AvgIpc) is 2.43. The highest BCUT2D eigenvalue weighted by Crippen LogP contribution is 2.56. The summed E-state index contributed by atoms with van der Waals surface area (Å²) < 4.78 is 41.5. The van der Waals surface area contributed by atoms with Crippen LogP contribution in [0.5, 0.6) is 0 Å². The summed E-state index contributed by atoms with van der Waals surface area (Å²) in [4.78, 5) is 33.8. The smallest absolute Gasteiger partial charge is 0.348 e. The van der Waals surface area contributed by atoms with Gasteiger partial charge in [0.2, 0.25) is 0 Å². The maximum atomic E-state index is 14.6. The van der Waals surface area contributed by atoms with E-state index in [0.29, 0.717) is 0 Å². The number of ether oxygens (including phenoxy) is 3. The number of methoxy groups -OCH3 is 3. The van der Waals surface area contributed by atoms with Crippen LogP contribution in [-0.4, -0.2) is 50.6 Å². The second-order valence-electron chi connectivity index (χ2n) is 4.18. The van der Waals surface area contributed by atoms with Crippen molar-refractivity contribution in [1.82, 2.24) is 0 Å². The number of alkyl halides is 2. The van der Waals surface area contributed by atoms with Crippen LogP contribution in [0.4, 0.5) is 8.78 Å². The second kappa shape index (κ2) is 5.10. The van der Waals surface area contributed by atoms with Crippen LogP contribution in [0.15, 0.2) is 0 Å². The number of carbonyl (C=O) groups excluding carboxylic acids is 3. The van der Waals surface area contributed by atoms with Crippen LogP contribution in [0.3, 0.4) is 0 Å². The summed E-state index contributed by atoms with van der Waals surface area (Å²) >= 11 is 0. The third-order valence-corrected chi connectivity index (χ3v) is 3.30. The van der Waals surface area contributed by atoms with Gasteiger partial charge in [0.15, 0.2) is 0 Å². The van der Waals surface area contributed by atoms with Gasteiger partial charge in [-0.2, -0.15) is 0 Å². The molecule has 0 aromatic heterocycles. The molecule has 0 saturated heterocycles. The molecule has 0 aliphatic heterocycles. The Labute approximate surface area is 108 Å². The molecule has 0 aromatic rings. The molecular formula is C11H14F2O6. The summed E-state index contributed by atoms with van der Waals surface area (Å²) in [6.07, 6.45) is -1.19. The van der Waals surface area contributed by atoms with Crippen molar-refractivity contribution in [3.8, 4) is 0 Å². The first-order valence-electron chi connectivity index (χ1n) is 5.39. The van der Waals surface area contributed by atoms with Gasteiger partial charge in [-0.05, 0) is 0 Å². The van der Waals surface area contributed by atoms with Crippen molar-refractivity contribution in [2.75, 3.05) is 21.3 Å². The van der Waals surface area contributed by atoms with Gasteiger partial charge >= 0.3 is 17.9 Å². The number of hydrogen-bond donors (Lipinski definition) is 0. The highest BCUT2D eigenvalue weighted by Gasteiger charge is 2.78. The summed E-state index contributed by atoms with van der Waals surface area (Å²) in [6, 6.07) is 0. The van der Waals surface area contributed by atoms with Crippen LogP contribution >= 0.6 is 0 Å². The zero-order valence-corrected chi connectivity index (χ0v) is 10.7. The third-order valence-electron chi connectivity index (χ3n) is 3.30. The van der Waals surface area contributed by atoms with Crippen LogP contribution < -0.4 is 0 Å². The van der Waals surface area contributed by atoms with Gasteiger partial charge in [0.05, 0.1) is 27.8 Å². The minimum atomic E-state index is -3.25. The highest BCUT2D eigenvalue weighted by molar-refractivity contribution is 5.96. The Morgan fingerprint density at radius 2 is 1.58 bits per heavy atom. The van der Waals surface area contributed by atoms with E-state index in [0.717, 1.165) is 21.3 Å². The van der Waals surface area contributed by atoms with E-state index < -0.39 is 48.0 Å². The van der Waals surface area contributed by atoms with Crippen molar-refractivity contribution in [3.63, 3.8) is 0 Å². The monoisotopic (exact) mass is 280 g/mol. The molecule has 8 heteroatoms. The maximum absolute atomic E-state index is 14.6. The van der Waals surface area contributed by atoms with Gasteiger partial charge < -0.3 is 14.2 Å². The lowest BCUT2D eigenvalue weighted by Crippen LogP contribution is -2.72. The van der Waals surface area contributed by atoms with Crippen molar-refractivity contribution < 1.29 is 37.4 Å². The number of hydrogen-bond acceptors (Lipinski definition) is 6. The van der Waals surface area contributed by atoms with Crippen molar-refractivity contribution in [2.24, 2.45) is 5.92 Å². The van der Waals surface area contributed by atoms with Crippen LogP contribution in [0, 0.1) is 5.92 Å². The molecule has 0 radical (unpaired) electrons. The first-order valence-corrected chi connectivity index (χ1v) is 5.39. The lowest BCUT2D eigenvalue weighted by atomic mass is 9.58. The first kappa shape index (κ1) is 15.3. The fourth-order valence-electron chi connectivity index (χ4n) is 2.19. The van der Waals surface area contributed by atoms with Crippen molar-refractivity contribution in [3.05, 3.63) is 0 Å². The number of carbonyl (C=O) groups is 3. The van der Waals surface area contributed by atoms with E-state index in [9.17, 15) is 23.2 Å². The first-order chi connectivity index (χ1) is 8.77. The van der Waals surface area contributed by atoms with E-state index >= 15 is 0 Å². The molecule has 0 aromatic carbocycles. The summed E-state index contributed by atoms with van der Waals surface area (Å²) in [5.74, 6) is -5.22.